The largest absolute Gasteiger partial charge is 0.375 e. The zero-order valence-corrected chi connectivity index (χ0v) is 8.92. The van der Waals surface area contributed by atoms with Gasteiger partial charge in [0.05, 0.1) is 11.8 Å². The molecule has 0 heterocycles. The Bertz CT molecular complexity index is 180. The van der Waals surface area contributed by atoms with Crippen molar-refractivity contribution in [3.8, 4) is 0 Å². The molecule has 0 N–H and O–H groups in total. The van der Waals surface area contributed by atoms with Crippen LogP contribution in [0.2, 0.25) is 0 Å². The SMILES string of the molecule is CCN(C)/N=C1\CCCCC1OC. The van der Waals surface area contributed by atoms with E-state index in [-0.39, 0.29) is 6.10 Å². The minimum atomic E-state index is 0.266. The molecule has 1 aliphatic rings. The average molecular weight is 184 g/mol. The molecule has 1 saturated carbocycles. The summed E-state index contributed by atoms with van der Waals surface area (Å²) in [5.41, 5.74) is 1.22. The van der Waals surface area contributed by atoms with Crippen molar-refractivity contribution < 1.29 is 4.74 Å². The van der Waals surface area contributed by atoms with Gasteiger partial charge in [-0.25, -0.2) is 0 Å². The summed E-state index contributed by atoms with van der Waals surface area (Å²) in [6, 6.07) is 0. The molecule has 76 valence electrons. The van der Waals surface area contributed by atoms with Gasteiger partial charge in [-0.3, -0.25) is 0 Å². The Kier molecular flexibility index (Phi) is 4.22. The lowest BCUT2D eigenvalue weighted by Gasteiger charge is -2.24. The number of hydrazone groups is 1. The lowest BCUT2D eigenvalue weighted by Crippen LogP contribution is -2.29. The molecule has 0 radical (unpaired) electrons. The molecule has 1 fully saturated rings. The van der Waals surface area contributed by atoms with Crippen molar-refractivity contribution in [1.29, 1.82) is 0 Å². The van der Waals surface area contributed by atoms with E-state index >= 15 is 0 Å². The second-order valence-corrected chi connectivity index (χ2v) is 3.54. The third-order valence-corrected chi connectivity index (χ3v) is 2.56. The molecule has 0 aliphatic heterocycles. The molecule has 1 aliphatic carbocycles. The minimum absolute atomic E-state index is 0.266. The Hall–Kier alpha value is -0.570. The van der Waals surface area contributed by atoms with Crippen LogP contribution in [0.25, 0.3) is 0 Å². The van der Waals surface area contributed by atoms with Gasteiger partial charge >= 0.3 is 0 Å². The second kappa shape index (κ2) is 5.22. The van der Waals surface area contributed by atoms with Crippen LogP contribution in [-0.2, 0) is 4.74 Å². The molecular formula is C10H20N2O. The topological polar surface area (TPSA) is 24.8 Å². The summed E-state index contributed by atoms with van der Waals surface area (Å²) >= 11 is 0. The van der Waals surface area contributed by atoms with E-state index in [1.165, 1.54) is 18.6 Å². The zero-order chi connectivity index (χ0) is 9.68. The van der Waals surface area contributed by atoms with Crippen molar-refractivity contribution in [2.24, 2.45) is 5.10 Å². The molecule has 0 bridgehead atoms. The Morgan fingerprint density at radius 3 is 2.92 bits per heavy atom. The molecule has 0 aromatic heterocycles. The first-order valence-corrected chi connectivity index (χ1v) is 5.09. The van der Waals surface area contributed by atoms with Crippen LogP contribution in [0.4, 0.5) is 0 Å². The third kappa shape index (κ3) is 2.99. The van der Waals surface area contributed by atoms with Crippen molar-refractivity contribution in [2.45, 2.75) is 38.7 Å². The molecule has 0 saturated heterocycles. The highest BCUT2D eigenvalue weighted by molar-refractivity contribution is 5.89. The molecule has 3 heteroatoms. The molecule has 1 rings (SSSR count). The fraction of sp³-hybridized carbons (Fsp3) is 0.900. The van der Waals surface area contributed by atoms with Crippen molar-refractivity contribution in [3.05, 3.63) is 0 Å². The number of methoxy groups -OCH3 is 1. The summed E-state index contributed by atoms with van der Waals surface area (Å²) in [5, 5.41) is 6.51. The minimum Gasteiger partial charge on any atom is -0.375 e. The summed E-state index contributed by atoms with van der Waals surface area (Å²) in [6.45, 7) is 3.06. The fourth-order valence-electron chi connectivity index (χ4n) is 1.62. The van der Waals surface area contributed by atoms with E-state index < -0.39 is 0 Å². The number of ether oxygens (including phenoxy) is 1. The number of rotatable bonds is 3. The van der Waals surface area contributed by atoms with Crippen LogP contribution < -0.4 is 0 Å². The Morgan fingerprint density at radius 1 is 1.54 bits per heavy atom. The van der Waals surface area contributed by atoms with Crippen LogP contribution in [-0.4, -0.2) is 37.5 Å². The van der Waals surface area contributed by atoms with Gasteiger partial charge in [-0.2, -0.15) is 5.10 Å². The summed E-state index contributed by atoms with van der Waals surface area (Å²) in [7, 11) is 3.78. The van der Waals surface area contributed by atoms with E-state index in [1.807, 2.05) is 12.1 Å². The average Bonchev–Trinajstić information content (AvgIpc) is 2.18. The van der Waals surface area contributed by atoms with Gasteiger partial charge in [0.15, 0.2) is 0 Å². The summed E-state index contributed by atoms with van der Waals surface area (Å²) < 4.78 is 5.39. The normalized spacial score (nSPS) is 26.4. The third-order valence-electron chi connectivity index (χ3n) is 2.56. The molecule has 0 spiro atoms. The Balaban J connectivity index is 2.57. The van der Waals surface area contributed by atoms with Crippen molar-refractivity contribution in [1.82, 2.24) is 5.01 Å². The maximum atomic E-state index is 5.39. The van der Waals surface area contributed by atoms with Gasteiger partial charge in [-0.15, -0.1) is 0 Å². The first kappa shape index (κ1) is 10.5. The van der Waals surface area contributed by atoms with Gasteiger partial charge in [0.2, 0.25) is 0 Å². The Labute approximate surface area is 80.8 Å². The summed E-state index contributed by atoms with van der Waals surface area (Å²) in [4.78, 5) is 0. The smallest absolute Gasteiger partial charge is 0.0969 e. The lowest BCUT2D eigenvalue weighted by molar-refractivity contribution is 0.135. The number of hydrogen-bond donors (Lipinski definition) is 0. The molecule has 1 unspecified atom stereocenters. The monoisotopic (exact) mass is 184 g/mol. The summed E-state index contributed by atoms with van der Waals surface area (Å²) in [6.07, 6.45) is 5.03. The summed E-state index contributed by atoms with van der Waals surface area (Å²) in [5.74, 6) is 0. The van der Waals surface area contributed by atoms with Crippen LogP contribution in [0.1, 0.15) is 32.6 Å². The standard InChI is InChI=1S/C10H20N2O/c1-4-12(2)11-9-7-5-6-8-10(9)13-3/h10H,4-8H2,1-3H3/b11-9+. The van der Waals surface area contributed by atoms with Crippen LogP contribution >= 0.6 is 0 Å². The predicted octanol–water partition coefficient (Wildman–Crippen LogP) is 1.88. The van der Waals surface area contributed by atoms with E-state index in [4.69, 9.17) is 4.74 Å². The molecule has 3 nitrogen and oxygen atoms in total. The van der Waals surface area contributed by atoms with E-state index in [0.29, 0.717) is 0 Å². The molecular weight excluding hydrogens is 164 g/mol. The molecule has 13 heavy (non-hydrogen) atoms. The van der Waals surface area contributed by atoms with Crippen LogP contribution in [0.5, 0.6) is 0 Å². The molecule has 1 atom stereocenters. The van der Waals surface area contributed by atoms with Gasteiger partial charge in [0.1, 0.15) is 0 Å². The molecule has 0 amide bonds. The van der Waals surface area contributed by atoms with Gasteiger partial charge in [0, 0.05) is 20.7 Å². The first-order chi connectivity index (χ1) is 6.27. The zero-order valence-electron chi connectivity index (χ0n) is 8.92. The quantitative estimate of drug-likeness (QED) is 0.626. The van der Waals surface area contributed by atoms with E-state index in [2.05, 4.69) is 12.0 Å². The first-order valence-electron chi connectivity index (χ1n) is 5.09. The molecule has 0 aromatic carbocycles. The van der Waals surface area contributed by atoms with E-state index in [0.717, 1.165) is 19.4 Å². The van der Waals surface area contributed by atoms with Gasteiger partial charge < -0.3 is 9.75 Å². The lowest BCUT2D eigenvalue weighted by atomic mass is 9.95. The van der Waals surface area contributed by atoms with Gasteiger partial charge in [-0.1, -0.05) is 6.42 Å². The number of nitrogens with zero attached hydrogens (tertiary/aromatic N) is 2. The highest BCUT2D eigenvalue weighted by Crippen LogP contribution is 2.18. The Morgan fingerprint density at radius 2 is 2.31 bits per heavy atom. The maximum Gasteiger partial charge on any atom is 0.0969 e. The van der Waals surface area contributed by atoms with E-state index in [1.54, 1.807) is 7.11 Å². The number of hydrogen-bond acceptors (Lipinski definition) is 3. The van der Waals surface area contributed by atoms with Gasteiger partial charge in [0.25, 0.3) is 0 Å². The van der Waals surface area contributed by atoms with Crippen LogP contribution in [0.15, 0.2) is 5.10 Å². The van der Waals surface area contributed by atoms with Crippen LogP contribution in [0.3, 0.4) is 0 Å². The predicted molar refractivity (Wildman–Crippen MR) is 55.0 cm³/mol. The fourth-order valence-corrected chi connectivity index (χ4v) is 1.62. The molecule has 0 aromatic rings. The van der Waals surface area contributed by atoms with Gasteiger partial charge in [-0.05, 0) is 26.2 Å². The maximum absolute atomic E-state index is 5.39. The highest BCUT2D eigenvalue weighted by Gasteiger charge is 2.20. The van der Waals surface area contributed by atoms with Crippen LogP contribution in [0, 0.1) is 0 Å². The van der Waals surface area contributed by atoms with Crippen molar-refractivity contribution in [3.63, 3.8) is 0 Å². The van der Waals surface area contributed by atoms with E-state index in [9.17, 15) is 0 Å². The second-order valence-electron chi connectivity index (χ2n) is 3.54. The van der Waals surface area contributed by atoms with Crippen molar-refractivity contribution in [2.75, 3.05) is 20.7 Å². The van der Waals surface area contributed by atoms with Crippen molar-refractivity contribution >= 4 is 5.71 Å². The highest BCUT2D eigenvalue weighted by atomic mass is 16.5.